The Balaban J connectivity index is 2.69. The SMILES string of the molecule is CSCCCN(CCC(=O)O)c1ccccc1N. The van der Waals surface area contributed by atoms with Crippen molar-refractivity contribution in [2.24, 2.45) is 0 Å². The summed E-state index contributed by atoms with van der Waals surface area (Å²) in [6.07, 6.45) is 3.22. The predicted octanol–water partition coefficient (Wildman–Crippen LogP) is 2.30. The molecule has 4 nitrogen and oxygen atoms in total. The van der Waals surface area contributed by atoms with Gasteiger partial charge in [-0.1, -0.05) is 12.1 Å². The fourth-order valence-corrected chi connectivity index (χ4v) is 2.18. The fourth-order valence-electron chi connectivity index (χ4n) is 1.76. The highest BCUT2D eigenvalue weighted by Crippen LogP contribution is 2.23. The van der Waals surface area contributed by atoms with Gasteiger partial charge in [0.15, 0.2) is 0 Å². The molecule has 0 spiro atoms. The van der Waals surface area contributed by atoms with E-state index in [0.29, 0.717) is 12.2 Å². The van der Waals surface area contributed by atoms with Crippen molar-refractivity contribution >= 4 is 29.1 Å². The predicted molar refractivity (Wildman–Crippen MR) is 78.3 cm³/mol. The minimum atomic E-state index is -0.778. The maximum absolute atomic E-state index is 10.7. The lowest BCUT2D eigenvalue weighted by Crippen LogP contribution is -2.28. The number of benzene rings is 1. The number of rotatable bonds is 8. The summed E-state index contributed by atoms with van der Waals surface area (Å²) in [4.78, 5) is 12.7. The van der Waals surface area contributed by atoms with E-state index in [1.807, 2.05) is 24.3 Å². The molecule has 0 atom stereocenters. The summed E-state index contributed by atoms with van der Waals surface area (Å²) in [6, 6.07) is 7.60. The Labute approximate surface area is 112 Å². The molecule has 18 heavy (non-hydrogen) atoms. The second-order valence-electron chi connectivity index (χ2n) is 4.04. The van der Waals surface area contributed by atoms with Gasteiger partial charge < -0.3 is 15.7 Å². The van der Waals surface area contributed by atoms with Crippen LogP contribution in [0.25, 0.3) is 0 Å². The van der Waals surface area contributed by atoms with E-state index in [2.05, 4.69) is 11.2 Å². The van der Waals surface area contributed by atoms with Gasteiger partial charge in [0.25, 0.3) is 0 Å². The molecule has 0 aromatic heterocycles. The van der Waals surface area contributed by atoms with Crippen molar-refractivity contribution in [1.29, 1.82) is 0 Å². The molecule has 0 aliphatic heterocycles. The third kappa shape index (κ3) is 4.87. The molecular formula is C13H20N2O2S. The lowest BCUT2D eigenvalue weighted by Gasteiger charge is -2.25. The number of nitrogens with zero attached hydrogens (tertiary/aromatic N) is 1. The number of hydrogen-bond donors (Lipinski definition) is 2. The fraction of sp³-hybridized carbons (Fsp3) is 0.462. The molecule has 0 amide bonds. The molecule has 0 aliphatic carbocycles. The Morgan fingerprint density at radius 3 is 2.72 bits per heavy atom. The summed E-state index contributed by atoms with van der Waals surface area (Å²) in [6.45, 7) is 1.33. The molecule has 3 N–H and O–H groups in total. The number of thioether (sulfide) groups is 1. The zero-order valence-electron chi connectivity index (χ0n) is 10.6. The maximum Gasteiger partial charge on any atom is 0.305 e. The van der Waals surface area contributed by atoms with Crippen LogP contribution in [0.5, 0.6) is 0 Å². The largest absolute Gasteiger partial charge is 0.481 e. The van der Waals surface area contributed by atoms with E-state index in [-0.39, 0.29) is 6.42 Å². The van der Waals surface area contributed by atoms with E-state index in [1.54, 1.807) is 11.8 Å². The molecule has 0 heterocycles. The standard InChI is InChI=1S/C13H20N2O2S/c1-18-10-4-8-15(9-7-13(16)17)12-6-3-2-5-11(12)14/h2-3,5-6H,4,7-10,14H2,1H3,(H,16,17). The van der Waals surface area contributed by atoms with Gasteiger partial charge in [-0.05, 0) is 30.6 Å². The smallest absolute Gasteiger partial charge is 0.305 e. The van der Waals surface area contributed by atoms with Crippen LogP contribution >= 0.6 is 11.8 Å². The lowest BCUT2D eigenvalue weighted by molar-refractivity contribution is -0.136. The quantitative estimate of drug-likeness (QED) is 0.559. The molecule has 0 unspecified atom stereocenters. The van der Waals surface area contributed by atoms with Crippen molar-refractivity contribution in [3.8, 4) is 0 Å². The van der Waals surface area contributed by atoms with E-state index >= 15 is 0 Å². The molecule has 0 fully saturated rings. The van der Waals surface area contributed by atoms with Gasteiger partial charge in [-0.15, -0.1) is 0 Å². The summed E-state index contributed by atoms with van der Waals surface area (Å²) >= 11 is 1.79. The second kappa shape index (κ2) is 7.87. The Kier molecular flexibility index (Phi) is 6.43. The number of nitrogens with two attached hydrogens (primary N) is 1. The number of aliphatic carboxylic acids is 1. The number of carbonyl (C=O) groups is 1. The van der Waals surface area contributed by atoms with E-state index in [4.69, 9.17) is 10.8 Å². The highest BCUT2D eigenvalue weighted by Gasteiger charge is 2.10. The number of hydrogen-bond acceptors (Lipinski definition) is 4. The molecule has 5 heteroatoms. The highest BCUT2D eigenvalue weighted by atomic mass is 32.2. The van der Waals surface area contributed by atoms with Gasteiger partial charge in [0.05, 0.1) is 17.8 Å². The van der Waals surface area contributed by atoms with Crippen molar-refractivity contribution < 1.29 is 9.90 Å². The van der Waals surface area contributed by atoms with E-state index < -0.39 is 5.97 Å². The number of anilines is 2. The van der Waals surface area contributed by atoms with E-state index in [1.165, 1.54) is 0 Å². The van der Waals surface area contributed by atoms with Gasteiger partial charge >= 0.3 is 5.97 Å². The van der Waals surface area contributed by atoms with Crippen LogP contribution in [-0.2, 0) is 4.79 Å². The zero-order chi connectivity index (χ0) is 13.4. The lowest BCUT2D eigenvalue weighted by atomic mass is 10.2. The summed E-state index contributed by atoms with van der Waals surface area (Å²) in [5.41, 5.74) is 7.57. The third-order valence-corrected chi connectivity index (χ3v) is 3.35. The maximum atomic E-state index is 10.7. The molecule has 0 bridgehead atoms. The topological polar surface area (TPSA) is 66.6 Å². The third-order valence-electron chi connectivity index (χ3n) is 2.65. The molecular weight excluding hydrogens is 248 g/mol. The summed E-state index contributed by atoms with van der Waals surface area (Å²) < 4.78 is 0. The number of para-hydroxylation sites is 2. The minimum absolute atomic E-state index is 0.133. The Morgan fingerprint density at radius 2 is 2.11 bits per heavy atom. The van der Waals surface area contributed by atoms with E-state index in [9.17, 15) is 4.79 Å². The molecule has 0 saturated carbocycles. The van der Waals surface area contributed by atoms with Crippen LogP contribution in [0.3, 0.4) is 0 Å². The first-order valence-electron chi connectivity index (χ1n) is 5.95. The molecule has 0 aliphatic rings. The Morgan fingerprint density at radius 1 is 1.39 bits per heavy atom. The van der Waals surface area contributed by atoms with Crippen LogP contribution < -0.4 is 10.6 Å². The van der Waals surface area contributed by atoms with Crippen LogP contribution in [0.1, 0.15) is 12.8 Å². The number of nitrogen functional groups attached to an aromatic ring is 1. The van der Waals surface area contributed by atoms with Gasteiger partial charge in [-0.2, -0.15) is 11.8 Å². The van der Waals surface area contributed by atoms with Gasteiger partial charge in [-0.25, -0.2) is 0 Å². The van der Waals surface area contributed by atoms with Crippen LogP contribution in [0.15, 0.2) is 24.3 Å². The zero-order valence-corrected chi connectivity index (χ0v) is 11.4. The number of carboxylic acid groups (broad SMARTS) is 1. The van der Waals surface area contributed by atoms with Crippen molar-refractivity contribution in [3.63, 3.8) is 0 Å². The van der Waals surface area contributed by atoms with Crippen molar-refractivity contribution in [2.75, 3.05) is 35.7 Å². The molecule has 0 saturated heterocycles. The molecule has 0 radical (unpaired) electrons. The van der Waals surface area contributed by atoms with Gasteiger partial charge in [0, 0.05) is 13.1 Å². The summed E-state index contributed by atoms with van der Waals surface area (Å²) in [7, 11) is 0. The van der Waals surface area contributed by atoms with Crippen molar-refractivity contribution in [1.82, 2.24) is 0 Å². The van der Waals surface area contributed by atoms with Gasteiger partial charge in [0.2, 0.25) is 0 Å². The van der Waals surface area contributed by atoms with Gasteiger partial charge in [0.1, 0.15) is 0 Å². The summed E-state index contributed by atoms with van der Waals surface area (Å²) in [5.74, 6) is 0.287. The molecule has 1 aromatic carbocycles. The first-order valence-corrected chi connectivity index (χ1v) is 7.34. The van der Waals surface area contributed by atoms with E-state index in [0.717, 1.165) is 24.4 Å². The van der Waals surface area contributed by atoms with Crippen molar-refractivity contribution in [2.45, 2.75) is 12.8 Å². The van der Waals surface area contributed by atoms with Crippen LogP contribution in [0, 0.1) is 0 Å². The van der Waals surface area contributed by atoms with Crippen LogP contribution in [0.2, 0.25) is 0 Å². The van der Waals surface area contributed by atoms with Crippen molar-refractivity contribution in [3.05, 3.63) is 24.3 Å². The monoisotopic (exact) mass is 268 g/mol. The average Bonchev–Trinajstić information content (AvgIpc) is 2.34. The van der Waals surface area contributed by atoms with Gasteiger partial charge in [-0.3, -0.25) is 4.79 Å². The van der Waals surface area contributed by atoms with Crippen LogP contribution in [0.4, 0.5) is 11.4 Å². The van der Waals surface area contributed by atoms with Crippen LogP contribution in [-0.4, -0.2) is 36.2 Å². The Bertz CT molecular complexity index is 385. The molecule has 1 rings (SSSR count). The number of carboxylic acids is 1. The first kappa shape index (κ1) is 14.7. The highest BCUT2D eigenvalue weighted by molar-refractivity contribution is 7.98. The average molecular weight is 268 g/mol. The first-order chi connectivity index (χ1) is 8.65. The Hall–Kier alpha value is -1.36. The minimum Gasteiger partial charge on any atom is -0.481 e. The summed E-state index contributed by atoms with van der Waals surface area (Å²) in [5, 5.41) is 8.79. The second-order valence-corrected chi connectivity index (χ2v) is 5.02. The molecule has 100 valence electrons. The normalized spacial score (nSPS) is 10.3. The molecule has 1 aromatic rings.